The highest BCUT2D eigenvalue weighted by molar-refractivity contribution is 7.45. The summed E-state index contributed by atoms with van der Waals surface area (Å²) in [5, 5.41) is 0. The van der Waals surface area contributed by atoms with Crippen LogP contribution in [0.15, 0.2) is 0 Å². The zero-order chi connectivity index (χ0) is 17.4. The number of phosphoric acid groups is 1. The van der Waals surface area contributed by atoms with Gasteiger partial charge in [-0.15, -0.1) is 0 Å². The van der Waals surface area contributed by atoms with Gasteiger partial charge in [-0.2, -0.15) is 0 Å². The molecule has 1 atom stereocenters. The van der Waals surface area contributed by atoms with Gasteiger partial charge in [0.2, 0.25) is 0 Å². The SMILES string of the molecule is CCCCCCCCCCCCC(C)N(C)C.O=P(O)(O)O. The van der Waals surface area contributed by atoms with Crippen LogP contribution in [-0.2, 0) is 4.57 Å². The average Bonchev–Trinajstić information content (AvgIpc) is 2.38. The predicted molar refractivity (Wildman–Crippen MR) is 93.9 cm³/mol. The molecule has 5 nitrogen and oxygen atoms in total. The van der Waals surface area contributed by atoms with Crippen LogP contribution in [0.5, 0.6) is 0 Å². The fraction of sp³-hybridized carbons (Fsp3) is 1.00. The normalized spacial score (nSPS) is 12.9. The molecule has 3 N–H and O–H groups in total. The number of unbranched alkanes of at least 4 members (excludes halogenated alkanes) is 9. The van der Waals surface area contributed by atoms with Crippen molar-refractivity contribution < 1.29 is 19.2 Å². The van der Waals surface area contributed by atoms with E-state index in [4.69, 9.17) is 19.2 Å². The molecule has 0 aromatic rings. The van der Waals surface area contributed by atoms with Crippen molar-refractivity contribution in [3.8, 4) is 0 Å². The molecule has 0 spiro atoms. The summed E-state index contributed by atoms with van der Waals surface area (Å²) in [5.74, 6) is 0. The molecule has 0 saturated carbocycles. The molecule has 0 aromatic heterocycles. The minimum absolute atomic E-state index is 0.754. The van der Waals surface area contributed by atoms with E-state index >= 15 is 0 Å². The van der Waals surface area contributed by atoms with Gasteiger partial charge >= 0.3 is 7.82 Å². The van der Waals surface area contributed by atoms with Gasteiger partial charge < -0.3 is 19.6 Å². The second-order valence-corrected chi connectivity index (χ2v) is 7.32. The van der Waals surface area contributed by atoms with E-state index in [-0.39, 0.29) is 0 Å². The number of nitrogens with zero attached hydrogens (tertiary/aromatic N) is 1. The Morgan fingerprint density at radius 1 is 0.818 bits per heavy atom. The van der Waals surface area contributed by atoms with Crippen LogP contribution in [0.25, 0.3) is 0 Å². The Balaban J connectivity index is 0. The molecule has 0 fully saturated rings. The second kappa shape index (κ2) is 15.9. The topological polar surface area (TPSA) is 81.0 Å². The highest BCUT2D eigenvalue weighted by Gasteiger charge is 2.03. The third-order valence-corrected chi connectivity index (χ3v) is 3.86. The molecule has 0 aromatic carbocycles. The maximum atomic E-state index is 8.88. The summed E-state index contributed by atoms with van der Waals surface area (Å²) in [6.45, 7) is 4.61. The van der Waals surface area contributed by atoms with Gasteiger partial charge in [-0.05, 0) is 27.4 Å². The fourth-order valence-electron chi connectivity index (χ4n) is 2.19. The van der Waals surface area contributed by atoms with Crippen LogP contribution >= 0.6 is 7.82 Å². The number of hydrogen-bond acceptors (Lipinski definition) is 2. The third kappa shape index (κ3) is 28.3. The summed E-state index contributed by atoms with van der Waals surface area (Å²) in [6, 6.07) is 0.754. The number of hydrogen-bond donors (Lipinski definition) is 3. The maximum Gasteiger partial charge on any atom is 0.466 e. The quantitative estimate of drug-likeness (QED) is 0.364. The first-order valence-corrected chi connectivity index (χ1v) is 10.2. The third-order valence-electron chi connectivity index (χ3n) is 3.86. The van der Waals surface area contributed by atoms with E-state index in [9.17, 15) is 0 Å². The van der Waals surface area contributed by atoms with E-state index in [0.717, 1.165) is 6.04 Å². The van der Waals surface area contributed by atoms with Crippen molar-refractivity contribution in [2.45, 2.75) is 90.5 Å². The molecule has 0 heterocycles. The van der Waals surface area contributed by atoms with E-state index in [1.54, 1.807) is 0 Å². The van der Waals surface area contributed by atoms with Gasteiger partial charge in [0, 0.05) is 6.04 Å². The van der Waals surface area contributed by atoms with E-state index in [2.05, 4.69) is 32.8 Å². The molecule has 1 unspecified atom stereocenters. The molecule has 136 valence electrons. The lowest BCUT2D eigenvalue weighted by molar-refractivity contribution is 0.275. The largest absolute Gasteiger partial charge is 0.466 e. The van der Waals surface area contributed by atoms with Crippen LogP contribution in [0.3, 0.4) is 0 Å². The molecule has 0 radical (unpaired) electrons. The first-order valence-electron chi connectivity index (χ1n) is 8.63. The van der Waals surface area contributed by atoms with Crippen LogP contribution in [0.4, 0.5) is 0 Å². The Morgan fingerprint density at radius 3 is 1.45 bits per heavy atom. The Morgan fingerprint density at radius 2 is 1.14 bits per heavy atom. The fourth-order valence-corrected chi connectivity index (χ4v) is 2.19. The Labute approximate surface area is 137 Å². The van der Waals surface area contributed by atoms with Crippen LogP contribution in [0.1, 0.15) is 84.5 Å². The van der Waals surface area contributed by atoms with E-state index in [1.165, 1.54) is 70.6 Å². The van der Waals surface area contributed by atoms with Gasteiger partial charge in [-0.25, -0.2) is 4.57 Å². The van der Waals surface area contributed by atoms with E-state index in [0.29, 0.717) is 0 Å². The molecule has 0 aliphatic carbocycles. The van der Waals surface area contributed by atoms with Crippen molar-refractivity contribution >= 4 is 7.82 Å². The molecule has 0 aliphatic rings. The first kappa shape index (κ1) is 24.3. The molecule has 0 saturated heterocycles. The zero-order valence-corrected chi connectivity index (χ0v) is 15.9. The summed E-state index contributed by atoms with van der Waals surface area (Å²) < 4.78 is 8.88. The standard InChI is InChI=1S/C16H35N.H3O4P/c1-5-6-7-8-9-10-11-12-13-14-15-16(2)17(3)4;1-5(2,3)4/h16H,5-15H2,1-4H3;(H3,1,2,3,4). The molecule has 6 heteroatoms. The lowest BCUT2D eigenvalue weighted by Crippen LogP contribution is -2.24. The van der Waals surface area contributed by atoms with Gasteiger partial charge in [-0.3, -0.25) is 0 Å². The van der Waals surface area contributed by atoms with Gasteiger partial charge in [0.15, 0.2) is 0 Å². The lowest BCUT2D eigenvalue weighted by Gasteiger charge is -2.19. The van der Waals surface area contributed by atoms with Crippen LogP contribution in [0.2, 0.25) is 0 Å². The van der Waals surface area contributed by atoms with Crippen LogP contribution < -0.4 is 0 Å². The van der Waals surface area contributed by atoms with Crippen molar-refractivity contribution in [3.63, 3.8) is 0 Å². The minimum Gasteiger partial charge on any atom is -0.307 e. The minimum atomic E-state index is -4.64. The predicted octanol–water partition coefficient (Wildman–Crippen LogP) is 4.32. The molecule has 0 amide bonds. The van der Waals surface area contributed by atoms with Gasteiger partial charge in [0.1, 0.15) is 0 Å². The molecule has 0 aliphatic heterocycles. The molecular formula is C16H38NO4P. The summed E-state index contributed by atoms with van der Waals surface area (Å²) in [5.41, 5.74) is 0. The Kier molecular flexibility index (Phi) is 17.6. The number of rotatable bonds is 12. The van der Waals surface area contributed by atoms with E-state index < -0.39 is 7.82 Å². The average molecular weight is 339 g/mol. The summed E-state index contributed by atoms with van der Waals surface area (Å²) in [4.78, 5) is 23.9. The smallest absolute Gasteiger partial charge is 0.307 e. The maximum absolute atomic E-state index is 8.88. The van der Waals surface area contributed by atoms with E-state index in [1.807, 2.05) is 0 Å². The highest BCUT2D eigenvalue weighted by Crippen LogP contribution is 2.25. The summed E-state index contributed by atoms with van der Waals surface area (Å²) in [6.07, 6.45) is 15.8. The molecule has 0 bridgehead atoms. The van der Waals surface area contributed by atoms with Crippen molar-refractivity contribution in [2.75, 3.05) is 14.1 Å². The molecule has 0 rings (SSSR count). The van der Waals surface area contributed by atoms with Crippen molar-refractivity contribution in [2.24, 2.45) is 0 Å². The first-order chi connectivity index (χ1) is 10.2. The summed E-state index contributed by atoms with van der Waals surface area (Å²) >= 11 is 0. The lowest BCUT2D eigenvalue weighted by atomic mass is 10.0. The summed E-state index contributed by atoms with van der Waals surface area (Å²) in [7, 11) is -0.276. The monoisotopic (exact) mass is 339 g/mol. The second-order valence-electron chi connectivity index (χ2n) is 6.30. The Bertz CT molecular complexity index is 261. The van der Waals surface area contributed by atoms with Crippen LogP contribution in [-0.4, -0.2) is 39.7 Å². The zero-order valence-electron chi connectivity index (χ0n) is 15.0. The van der Waals surface area contributed by atoms with Crippen molar-refractivity contribution in [1.82, 2.24) is 4.90 Å². The van der Waals surface area contributed by atoms with Gasteiger partial charge in [0.25, 0.3) is 0 Å². The molecular weight excluding hydrogens is 301 g/mol. The molecule has 22 heavy (non-hydrogen) atoms. The van der Waals surface area contributed by atoms with Gasteiger partial charge in [-0.1, -0.05) is 71.1 Å². The van der Waals surface area contributed by atoms with Crippen LogP contribution in [0, 0.1) is 0 Å². The van der Waals surface area contributed by atoms with Gasteiger partial charge in [0.05, 0.1) is 0 Å². The van der Waals surface area contributed by atoms with Crippen molar-refractivity contribution in [3.05, 3.63) is 0 Å². The highest BCUT2D eigenvalue weighted by atomic mass is 31.2. The Hall–Kier alpha value is 0.0700. The van der Waals surface area contributed by atoms with Crippen molar-refractivity contribution in [1.29, 1.82) is 0 Å².